The normalized spacial score (nSPS) is 12.3. The third-order valence-electron chi connectivity index (χ3n) is 1.35. The molecular formula is C8H16N2O. The maximum Gasteiger partial charge on any atom is 0.236 e. The van der Waals surface area contributed by atoms with Gasteiger partial charge in [0, 0.05) is 13.6 Å². The Balaban J connectivity index is 3.60. The highest BCUT2D eigenvalue weighted by Gasteiger charge is 2.08. The topological polar surface area (TPSA) is 41.1 Å². The molecule has 0 bridgehead atoms. The standard InChI is InChI=1S/C8H16N2O/c1-6(2)5-10-7(3)8(11)9-4/h7,10H,1,5H2,2-4H3,(H,9,11). The van der Waals surface area contributed by atoms with E-state index in [1.54, 1.807) is 7.05 Å². The van der Waals surface area contributed by atoms with Gasteiger partial charge in [-0.1, -0.05) is 12.2 Å². The zero-order valence-corrected chi connectivity index (χ0v) is 7.40. The lowest BCUT2D eigenvalue weighted by Gasteiger charge is -2.11. The van der Waals surface area contributed by atoms with E-state index in [1.807, 2.05) is 13.8 Å². The second-order valence-electron chi connectivity index (χ2n) is 2.67. The van der Waals surface area contributed by atoms with E-state index < -0.39 is 0 Å². The SMILES string of the molecule is C=C(C)CNC(C)C(=O)NC. The van der Waals surface area contributed by atoms with Crippen LogP contribution in [0.15, 0.2) is 12.2 Å². The van der Waals surface area contributed by atoms with E-state index in [2.05, 4.69) is 17.2 Å². The molecule has 0 aromatic carbocycles. The van der Waals surface area contributed by atoms with Crippen molar-refractivity contribution in [1.29, 1.82) is 0 Å². The molecule has 0 radical (unpaired) electrons. The van der Waals surface area contributed by atoms with Crippen LogP contribution in [-0.2, 0) is 4.79 Å². The molecule has 0 aliphatic rings. The van der Waals surface area contributed by atoms with E-state index in [1.165, 1.54) is 0 Å². The Morgan fingerprint density at radius 2 is 2.18 bits per heavy atom. The molecule has 0 rings (SSSR count). The lowest BCUT2D eigenvalue weighted by atomic mass is 10.3. The van der Waals surface area contributed by atoms with Crippen molar-refractivity contribution >= 4 is 5.91 Å². The zero-order chi connectivity index (χ0) is 8.85. The third kappa shape index (κ3) is 4.56. The molecule has 0 saturated heterocycles. The molecule has 0 spiro atoms. The van der Waals surface area contributed by atoms with Gasteiger partial charge in [-0.15, -0.1) is 0 Å². The smallest absolute Gasteiger partial charge is 0.236 e. The van der Waals surface area contributed by atoms with Crippen LogP contribution in [0.3, 0.4) is 0 Å². The number of carbonyl (C=O) groups excluding carboxylic acids is 1. The van der Waals surface area contributed by atoms with Crippen molar-refractivity contribution < 1.29 is 4.79 Å². The molecule has 1 atom stereocenters. The Hall–Kier alpha value is -0.830. The molecule has 1 amide bonds. The van der Waals surface area contributed by atoms with E-state index in [9.17, 15) is 4.79 Å². The van der Waals surface area contributed by atoms with Crippen molar-refractivity contribution in [2.75, 3.05) is 13.6 Å². The predicted molar refractivity (Wildman–Crippen MR) is 46.3 cm³/mol. The first-order valence-corrected chi connectivity index (χ1v) is 3.67. The van der Waals surface area contributed by atoms with Crippen LogP contribution in [0.25, 0.3) is 0 Å². The molecule has 0 aliphatic carbocycles. The van der Waals surface area contributed by atoms with Gasteiger partial charge >= 0.3 is 0 Å². The summed E-state index contributed by atoms with van der Waals surface area (Å²) < 4.78 is 0. The van der Waals surface area contributed by atoms with Crippen LogP contribution in [0.2, 0.25) is 0 Å². The molecule has 0 aromatic rings. The maximum absolute atomic E-state index is 10.9. The molecule has 2 N–H and O–H groups in total. The molecule has 0 aliphatic heterocycles. The Morgan fingerprint density at radius 3 is 2.55 bits per heavy atom. The average molecular weight is 156 g/mol. The molecule has 3 heteroatoms. The molecule has 1 unspecified atom stereocenters. The summed E-state index contributed by atoms with van der Waals surface area (Å²) in [5.74, 6) is 0.00579. The second-order valence-corrected chi connectivity index (χ2v) is 2.67. The molecule has 3 nitrogen and oxygen atoms in total. The van der Waals surface area contributed by atoms with Crippen LogP contribution in [0.5, 0.6) is 0 Å². The van der Waals surface area contributed by atoms with Gasteiger partial charge in [0.15, 0.2) is 0 Å². The number of amides is 1. The molecular weight excluding hydrogens is 140 g/mol. The van der Waals surface area contributed by atoms with Crippen molar-refractivity contribution in [3.05, 3.63) is 12.2 Å². The Morgan fingerprint density at radius 1 is 1.64 bits per heavy atom. The van der Waals surface area contributed by atoms with Crippen LogP contribution in [-0.4, -0.2) is 25.5 Å². The Labute approximate surface area is 67.9 Å². The summed E-state index contributed by atoms with van der Waals surface area (Å²) in [6.45, 7) is 8.15. The van der Waals surface area contributed by atoms with Gasteiger partial charge in [0.25, 0.3) is 0 Å². The molecule has 0 aromatic heterocycles. The summed E-state index contributed by atoms with van der Waals surface area (Å²) in [7, 11) is 1.63. The quantitative estimate of drug-likeness (QED) is 0.574. The van der Waals surface area contributed by atoms with Crippen LogP contribution in [0, 0.1) is 0 Å². The number of nitrogens with one attached hydrogen (secondary N) is 2. The lowest BCUT2D eigenvalue weighted by Crippen LogP contribution is -2.41. The van der Waals surface area contributed by atoms with Crippen molar-refractivity contribution in [1.82, 2.24) is 10.6 Å². The first-order chi connectivity index (χ1) is 5.07. The number of likely N-dealkylation sites (N-methyl/N-ethyl adjacent to an activating group) is 1. The zero-order valence-electron chi connectivity index (χ0n) is 7.40. The minimum Gasteiger partial charge on any atom is -0.358 e. The molecule has 64 valence electrons. The summed E-state index contributed by atoms with van der Waals surface area (Å²) in [5, 5.41) is 5.58. The van der Waals surface area contributed by atoms with Gasteiger partial charge < -0.3 is 10.6 Å². The van der Waals surface area contributed by atoms with Gasteiger partial charge in [0.2, 0.25) is 5.91 Å². The fraction of sp³-hybridized carbons (Fsp3) is 0.625. The highest BCUT2D eigenvalue weighted by atomic mass is 16.2. The van der Waals surface area contributed by atoms with E-state index in [0.29, 0.717) is 6.54 Å². The monoisotopic (exact) mass is 156 g/mol. The van der Waals surface area contributed by atoms with Crippen molar-refractivity contribution in [3.63, 3.8) is 0 Å². The van der Waals surface area contributed by atoms with Gasteiger partial charge in [-0.3, -0.25) is 4.79 Å². The Kier molecular flexibility index (Phi) is 4.54. The van der Waals surface area contributed by atoms with E-state index in [0.717, 1.165) is 5.57 Å². The lowest BCUT2D eigenvalue weighted by molar-refractivity contribution is -0.122. The van der Waals surface area contributed by atoms with E-state index in [-0.39, 0.29) is 11.9 Å². The van der Waals surface area contributed by atoms with Crippen LogP contribution in [0.4, 0.5) is 0 Å². The molecule has 0 fully saturated rings. The molecule has 0 saturated carbocycles. The average Bonchev–Trinajstić information content (AvgIpc) is 1.98. The Bertz CT molecular complexity index is 154. The van der Waals surface area contributed by atoms with E-state index in [4.69, 9.17) is 0 Å². The van der Waals surface area contributed by atoms with Crippen molar-refractivity contribution in [2.24, 2.45) is 0 Å². The van der Waals surface area contributed by atoms with E-state index >= 15 is 0 Å². The largest absolute Gasteiger partial charge is 0.358 e. The summed E-state index contributed by atoms with van der Waals surface area (Å²) in [4.78, 5) is 10.9. The van der Waals surface area contributed by atoms with Crippen LogP contribution in [0.1, 0.15) is 13.8 Å². The fourth-order valence-corrected chi connectivity index (χ4v) is 0.637. The van der Waals surface area contributed by atoms with Crippen molar-refractivity contribution in [3.8, 4) is 0 Å². The van der Waals surface area contributed by atoms with Gasteiger partial charge in [-0.2, -0.15) is 0 Å². The summed E-state index contributed by atoms with van der Waals surface area (Å²) in [6.07, 6.45) is 0. The molecule has 0 heterocycles. The molecule has 11 heavy (non-hydrogen) atoms. The minimum atomic E-state index is -0.142. The van der Waals surface area contributed by atoms with Gasteiger partial charge in [0.1, 0.15) is 0 Å². The fourth-order valence-electron chi connectivity index (χ4n) is 0.637. The minimum absolute atomic E-state index is 0.00579. The third-order valence-corrected chi connectivity index (χ3v) is 1.35. The number of hydrogen-bond donors (Lipinski definition) is 2. The predicted octanol–water partition coefficient (Wildman–Crippen LogP) is 0.287. The maximum atomic E-state index is 10.9. The van der Waals surface area contributed by atoms with Crippen LogP contribution < -0.4 is 10.6 Å². The number of carbonyl (C=O) groups is 1. The van der Waals surface area contributed by atoms with Gasteiger partial charge in [-0.25, -0.2) is 0 Å². The highest BCUT2D eigenvalue weighted by Crippen LogP contribution is 1.85. The van der Waals surface area contributed by atoms with Gasteiger partial charge in [0.05, 0.1) is 6.04 Å². The van der Waals surface area contributed by atoms with Gasteiger partial charge in [-0.05, 0) is 13.8 Å². The first-order valence-electron chi connectivity index (χ1n) is 3.67. The highest BCUT2D eigenvalue weighted by molar-refractivity contribution is 5.80. The summed E-state index contributed by atoms with van der Waals surface area (Å²) in [6, 6.07) is -0.142. The van der Waals surface area contributed by atoms with Crippen LogP contribution >= 0.6 is 0 Å². The summed E-state index contributed by atoms with van der Waals surface area (Å²) >= 11 is 0. The van der Waals surface area contributed by atoms with Crippen molar-refractivity contribution in [2.45, 2.75) is 19.9 Å². The second kappa shape index (κ2) is 4.91. The summed E-state index contributed by atoms with van der Waals surface area (Å²) in [5.41, 5.74) is 1.03. The number of rotatable bonds is 4. The number of hydrogen-bond acceptors (Lipinski definition) is 2. The first kappa shape index (κ1) is 10.2.